The molecule has 2 heterocycles. The minimum absolute atomic E-state index is 0.0502. The topological polar surface area (TPSA) is 59.2 Å². The predicted octanol–water partition coefficient (Wildman–Crippen LogP) is 0.569. The van der Waals surface area contributed by atoms with Crippen LogP contribution in [0.4, 0.5) is 0 Å². The summed E-state index contributed by atoms with van der Waals surface area (Å²) in [6, 6.07) is 0. The fraction of sp³-hybridized carbons (Fsp3) is 0.500. The van der Waals surface area contributed by atoms with Crippen LogP contribution in [0.5, 0.6) is 0 Å². The molecule has 0 aromatic carbocycles. The minimum atomic E-state index is -0.0502. The molecule has 0 saturated carbocycles. The maximum atomic E-state index is 11.7. The van der Waals surface area contributed by atoms with Crippen molar-refractivity contribution < 1.29 is 19.1 Å². The van der Waals surface area contributed by atoms with Crippen molar-refractivity contribution in [2.75, 3.05) is 13.2 Å². The Morgan fingerprint density at radius 1 is 0.938 bits per heavy atom. The Bertz CT molecular complexity index is 373. The highest BCUT2D eigenvalue weighted by Crippen LogP contribution is 2.30. The normalized spacial score (nSPS) is 32.2. The SMILES string of the molecule is O=C1C=CC(=O)C(CC2CO2)=C1CC1CO1. The number of allylic oxidation sites excluding steroid dienone is 2. The summed E-state index contributed by atoms with van der Waals surface area (Å²) < 4.78 is 10.2. The lowest BCUT2D eigenvalue weighted by Gasteiger charge is -2.13. The van der Waals surface area contributed by atoms with Gasteiger partial charge in [-0.15, -0.1) is 0 Å². The molecule has 2 unspecified atom stereocenters. The Balaban J connectivity index is 1.86. The zero-order valence-corrected chi connectivity index (χ0v) is 8.77. The van der Waals surface area contributed by atoms with Gasteiger partial charge < -0.3 is 9.47 Å². The fourth-order valence-corrected chi connectivity index (χ4v) is 1.92. The Kier molecular flexibility index (Phi) is 2.26. The standard InChI is InChI=1S/C12H12O4/c13-11-1-2-12(14)10(4-8-6-16-8)9(11)3-7-5-15-7/h1-2,7-8H,3-6H2. The van der Waals surface area contributed by atoms with Gasteiger partial charge >= 0.3 is 0 Å². The molecule has 84 valence electrons. The Hall–Kier alpha value is -1.26. The van der Waals surface area contributed by atoms with E-state index >= 15 is 0 Å². The van der Waals surface area contributed by atoms with Gasteiger partial charge in [0.05, 0.1) is 25.4 Å². The van der Waals surface area contributed by atoms with E-state index in [1.807, 2.05) is 0 Å². The molecule has 3 aliphatic rings. The van der Waals surface area contributed by atoms with Crippen LogP contribution in [0, 0.1) is 0 Å². The van der Waals surface area contributed by atoms with Crippen molar-refractivity contribution in [1.82, 2.24) is 0 Å². The maximum absolute atomic E-state index is 11.7. The van der Waals surface area contributed by atoms with Gasteiger partial charge in [0, 0.05) is 24.0 Å². The van der Waals surface area contributed by atoms with Crippen LogP contribution < -0.4 is 0 Å². The Labute approximate surface area is 92.9 Å². The third kappa shape index (κ3) is 1.99. The predicted molar refractivity (Wildman–Crippen MR) is 54.9 cm³/mol. The molecule has 2 fully saturated rings. The number of carbonyl (C=O) groups excluding carboxylic acids is 2. The summed E-state index contributed by atoms with van der Waals surface area (Å²) in [7, 11) is 0. The lowest BCUT2D eigenvalue weighted by molar-refractivity contribution is -0.115. The number of rotatable bonds is 4. The van der Waals surface area contributed by atoms with E-state index < -0.39 is 0 Å². The van der Waals surface area contributed by atoms with E-state index in [9.17, 15) is 9.59 Å². The van der Waals surface area contributed by atoms with Crippen LogP contribution in [0.15, 0.2) is 23.3 Å². The van der Waals surface area contributed by atoms with Gasteiger partial charge in [-0.1, -0.05) is 0 Å². The largest absolute Gasteiger partial charge is 0.373 e. The van der Waals surface area contributed by atoms with E-state index in [0.29, 0.717) is 37.2 Å². The second-order valence-corrected chi connectivity index (χ2v) is 4.34. The summed E-state index contributed by atoms with van der Waals surface area (Å²) >= 11 is 0. The second kappa shape index (κ2) is 3.64. The van der Waals surface area contributed by atoms with E-state index in [1.54, 1.807) is 0 Å². The van der Waals surface area contributed by atoms with Crippen LogP contribution in [0.1, 0.15) is 12.8 Å². The first-order valence-corrected chi connectivity index (χ1v) is 5.46. The second-order valence-electron chi connectivity index (χ2n) is 4.34. The Morgan fingerprint density at radius 2 is 1.31 bits per heavy atom. The first-order valence-electron chi connectivity index (χ1n) is 5.46. The van der Waals surface area contributed by atoms with Crippen LogP contribution in [-0.4, -0.2) is 37.0 Å². The molecule has 4 heteroatoms. The fourth-order valence-electron chi connectivity index (χ4n) is 1.92. The third-order valence-electron chi connectivity index (χ3n) is 3.01. The molecule has 0 N–H and O–H groups in total. The van der Waals surface area contributed by atoms with Gasteiger partial charge in [-0.3, -0.25) is 9.59 Å². The number of ketones is 2. The molecule has 16 heavy (non-hydrogen) atoms. The number of hydrogen-bond donors (Lipinski definition) is 0. The highest BCUT2D eigenvalue weighted by molar-refractivity contribution is 6.20. The average Bonchev–Trinajstić information content (AvgIpc) is 3.10. The first-order chi connectivity index (χ1) is 7.74. The molecule has 0 aromatic heterocycles. The molecular formula is C12H12O4. The number of carbonyl (C=O) groups is 2. The summed E-state index contributed by atoms with van der Waals surface area (Å²) in [5.74, 6) is -0.100. The molecule has 1 aliphatic carbocycles. The van der Waals surface area contributed by atoms with Gasteiger partial charge in [0.2, 0.25) is 0 Å². The highest BCUT2D eigenvalue weighted by Gasteiger charge is 2.33. The van der Waals surface area contributed by atoms with Crippen LogP contribution in [0.3, 0.4) is 0 Å². The summed E-state index contributed by atoms with van der Waals surface area (Å²) in [6.07, 6.45) is 4.12. The van der Waals surface area contributed by atoms with E-state index in [0.717, 1.165) is 0 Å². The zero-order valence-electron chi connectivity index (χ0n) is 8.77. The van der Waals surface area contributed by atoms with Crippen molar-refractivity contribution in [1.29, 1.82) is 0 Å². The number of hydrogen-bond acceptors (Lipinski definition) is 4. The van der Waals surface area contributed by atoms with E-state index in [4.69, 9.17) is 9.47 Å². The molecule has 2 atom stereocenters. The van der Waals surface area contributed by atoms with Gasteiger partial charge in [-0.05, 0) is 12.2 Å². The molecule has 0 spiro atoms. The minimum Gasteiger partial charge on any atom is -0.373 e. The van der Waals surface area contributed by atoms with Crippen LogP contribution in [0.2, 0.25) is 0 Å². The maximum Gasteiger partial charge on any atom is 0.182 e. The average molecular weight is 220 g/mol. The summed E-state index contributed by atoms with van der Waals surface area (Å²) in [6.45, 7) is 1.39. The van der Waals surface area contributed by atoms with Crippen molar-refractivity contribution in [3.63, 3.8) is 0 Å². The lowest BCUT2D eigenvalue weighted by Crippen LogP contribution is -2.17. The molecule has 0 aromatic rings. The zero-order chi connectivity index (χ0) is 11.1. The molecule has 0 radical (unpaired) electrons. The molecule has 2 saturated heterocycles. The van der Waals surface area contributed by atoms with E-state index in [2.05, 4.69) is 0 Å². The lowest BCUT2D eigenvalue weighted by atomic mass is 9.89. The quantitative estimate of drug-likeness (QED) is 0.513. The van der Waals surface area contributed by atoms with Gasteiger partial charge in [-0.2, -0.15) is 0 Å². The van der Waals surface area contributed by atoms with Gasteiger partial charge in [-0.25, -0.2) is 0 Å². The Morgan fingerprint density at radius 3 is 1.62 bits per heavy atom. The van der Waals surface area contributed by atoms with Crippen LogP contribution in [0.25, 0.3) is 0 Å². The van der Waals surface area contributed by atoms with E-state index in [1.165, 1.54) is 12.2 Å². The van der Waals surface area contributed by atoms with Gasteiger partial charge in [0.15, 0.2) is 11.6 Å². The number of ether oxygens (including phenoxy) is 2. The summed E-state index contributed by atoms with van der Waals surface area (Å²) in [4.78, 5) is 23.4. The van der Waals surface area contributed by atoms with Crippen molar-refractivity contribution in [2.45, 2.75) is 25.0 Å². The third-order valence-corrected chi connectivity index (χ3v) is 3.01. The number of epoxide rings is 2. The molecule has 0 amide bonds. The monoisotopic (exact) mass is 220 g/mol. The van der Waals surface area contributed by atoms with Crippen LogP contribution >= 0.6 is 0 Å². The molecule has 0 bridgehead atoms. The van der Waals surface area contributed by atoms with Crippen molar-refractivity contribution in [3.05, 3.63) is 23.3 Å². The molecule has 3 rings (SSSR count). The molecule has 2 aliphatic heterocycles. The van der Waals surface area contributed by atoms with Crippen molar-refractivity contribution in [2.24, 2.45) is 0 Å². The molecule has 4 nitrogen and oxygen atoms in total. The highest BCUT2D eigenvalue weighted by atomic mass is 16.6. The summed E-state index contributed by atoms with van der Waals surface area (Å²) in [5.41, 5.74) is 1.26. The van der Waals surface area contributed by atoms with Crippen LogP contribution in [-0.2, 0) is 19.1 Å². The van der Waals surface area contributed by atoms with Crippen molar-refractivity contribution >= 4 is 11.6 Å². The van der Waals surface area contributed by atoms with E-state index in [-0.39, 0.29) is 23.8 Å². The molecular weight excluding hydrogens is 208 g/mol. The van der Waals surface area contributed by atoms with Crippen molar-refractivity contribution in [3.8, 4) is 0 Å². The van der Waals surface area contributed by atoms with Gasteiger partial charge in [0.25, 0.3) is 0 Å². The summed E-state index contributed by atoms with van der Waals surface area (Å²) in [5, 5.41) is 0. The van der Waals surface area contributed by atoms with Gasteiger partial charge in [0.1, 0.15) is 0 Å². The smallest absolute Gasteiger partial charge is 0.182 e. The first kappa shape index (κ1) is 9.93.